The van der Waals surface area contributed by atoms with Crippen LogP contribution < -0.4 is 9.47 Å². The van der Waals surface area contributed by atoms with E-state index in [2.05, 4.69) is 4.98 Å². The predicted octanol–water partition coefficient (Wildman–Crippen LogP) is 2.27. The monoisotopic (exact) mass is 263 g/mol. The summed E-state index contributed by atoms with van der Waals surface area (Å²) in [6, 6.07) is 5.45. The number of hydrogen-bond acceptors (Lipinski definition) is 5. The van der Waals surface area contributed by atoms with Crippen molar-refractivity contribution in [3.05, 3.63) is 41.6 Å². The Morgan fingerprint density at radius 3 is 2.89 bits per heavy atom. The molecule has 0 aliphatic rings. The molecule has 2 aromatic rings. The molecule has 0 spiro atoms. The van der Waals surface area contributed by atoms with Gasteiger partial charge in [-0.1, -0.05) is 6.07 Å². The van der Waals surface area contributed by atoms with E-state index in [1.807, 2.05) is 19.1 Å². The molecule has 1 aromatic carbocycles. The molecule has 1 N–H and O–H groups in total. The third kappa shape index (κ3) is 2.85. The van der Waals surface area contributed by atoms with Crippen LogP contribution in [0.25, 0.3) is 0 Å². The molecule has 100 valence electrons. The summed E-state index contributed by atoms with van der Waals surface area (Å²) in [4.78, 5) is 14.5. The molecule has 0 aliphatic carbocycles. The molecular formula is C13H13NO5. The molecule has 2 rings (SSSR count). The Balaban J connectivity index is 2.14. The lowest BCUT2D eigenvalue weighted by atomic mass is 10.2. The zero-order valence-electron chi connectivity index (χ0n) is 10.5. The van der Waals surface area contributed by atoms with Crippen molar-refractivity contribution in [2.75, 3.05) is 7.11 Å². The van der Waals surface area contributed by atoms with E-state index in [9.17, 15) is 4.79 Å². The quantitative estimate of drug-likeness (QED) is 0.891. The Bertz CT molecular complexity index is 590. The zero-order chi connectivity index (χ0) is 13.8. The average molecular weight is 263 g/mol. The highest BCUT2D eigenvalue weighted by Gasteiger charge is 2.16. The van der Waals surface area contributed by atoms with Gasteiger partial charge in [0.1, 0.15) is 6.61 Å². The maximum absolute atomic E-state index is 10.9. The molecule has 0 unspecified atom stereocenters. The Morgan fingerprint density at radius 2 is 2.21 bits per heavy atom. The molecule has 19 heavy (non-hydrogen) atoms. The summed E-state index contributed by atoms with van der Waals surface area (Å²) in [7, 11) is 1.54. The fourth-order valence-corrected chi connectivity index (χ4v) is 1.58. The van der Waals surface area contributed by atoms with Gasteiger partial charge >= 0.3 is 5.97 Å². The van der Waals surface area contributed by atoms with Gasteiger partial charge in [0.05, 0.1) is 7.11 Å². The topological polar surface area (TPSA) is 81.8 Å². The van der Waals surface area contributed by atoms with E-state index in [1.54, 1.807) is 13.2 Å². The second-order valence-electron chi connectivity index (χ2n) is 3.87. The zero-order valence-corrected chi connectivity index (χ0v) is 10.5. The number of aryl methyl sites for hydroxylation is 1. The van der Waals surface area contributed by atoms with Crippen LogP contribution in [-0.4, -0.2) is 23.2 Å². The Kier molecular flexibility index (Phi) is 3.70. The van der Waals surface area contributed by atoms with Crippen molar-refractivity contribution in [2.45, 2.75) is 13.5 Å². The summed E-state index contributed by atoms with van der Waals surface area (Å²) < 4.78 is 15.7. The summed E-state index contributed by atoms with van der Waals surface area (Å²) in [6.45, 7) is 1.91. The average Bonchev–Trinajstić information content (AvgIpc) is 2.85. The highest BCUT2D eigenvalue weighted by Crippen LogP contribution is 2.28. The van der Waals surface area contributed by atoms with Crippen LogP contribution in [-0.2, 0) is 6.61 Å². The van der Waals surface area contributed by atoms with E-state index in [0.29, 0.717) is 11.5 Å². The third-order valence-corrected chi connectivity index (χ3v) is 2.52. The minimum Gasteiger partial charge on any atom is -0.493 e. The molecule has 6 heteroatoms. The smallest absolute Gasteiger partial charge is 0.358 e. The minimum absolute atomic E-state index is 0.0267. The minimum atomic E-state index is -1.15. The van der Waals surface area contributed by atoms with Crippen molar-refractivity contribution in [3.8, 4) is 11.5 Å². The molecule has 0 saturated heterocycles. The fourth-order valence-electron chi connectivity index (χ4n) is 1.58. The number of oxazole rings is 1. The maximum Gasteiger partial charge on any atom is 0.358 e. The lowest BCUT2D eigenvalue weighted by Crippen LogP contribution is -2.04. The van der Waals surface area contributed by atoms with Gasteiger partial charge in [-0.2, -0.15) is 0 Å². The van der Waals surface area contributed by atoms with Crippen molar-refractivity contribution in [1.82, 2.24) is 4.98 Å². The molecule has 0 aliphatic heterocycles. The SMILES string of the molecule is COc1cc(C)ccc1OCc1ocnc1C(=O)O. The molecule has 1 aromatic heterocycles. The van der Waals surface area contributed by atoms with Gasteiger partial charge in [-0.25, -0.2) is 9.78 Å². The van der Waals surface area contributed by atoms with Gasteiger partial charge in [0.2, 0.25) is 0 Å². The summed E-state index contributed by atoms with van der Waals surface area (Å²) in [6.07, 6.45) is 1.08. The van der Waals surface area contributed by atoms with E-state index in [0.717, 1.165) is 12.0 Å². The molecule has 0 bridgehead atoms. The highest BCUT2D eigenvalue weighted by atomic mass is 16.5. The largest absolute Gasteiger partial charge is 0.493 e. The first-order valence-corrected chi connectivity index (χ1v) is 5.55. The van der Waals surface area contributed by atoms with E-state index in [-0.39, 0.29) is 18.1 Å². The molecule has 0 amide bonds. The van der Waals surface area contributed by atoms with Crippen molar-refractivity contribution < 1.29 is 23.8 Å². The highest BCUT2D eigenvalue weighted by molar-refractivity contribution is 5.86. The number of nitrogens with zero attached hydrogens (tertiary/aromatic N) is 1. The number of aromatic nitrogens is 1. The first-order valence-electron chi connectivity index (χ1n) is 5.55. The van der Waals surface area contributed by atoms with Crippen LogP contribution in [0.4, 0.5) is 0 Å². The maximum atomic E-state index is 10.9. The fraction of sp³-hybridized carbons (Fsp3) is 0.231. The molecule has 6 nitrogen and oxygen atoms in total. The van der Waals surface area contributed by atoms with Gasteiger partial charge in [-0.3, -0.25) is 0 Å². The molecular weight excluding hydrogens is 250 g/mol. The van der Waals surface area contributed by atoms with Crippen LogP contribution in [0.1, 0.15) is 21.8 Å². The second-order valence-corrected chi connectivity index (χ2v) is 3.87. The Hall–Kier alpha value is -2.50. The van der Waals surface area contributed by atoms with Crippen molar-refractivity contribution >= 4 is 5.97 Å². The number of rotatable bonds is 5. The Labute approximate surface area is 109 Å². The second kappa shape index (κ2) is 5.43. The van der Waals surface area contributed by atoms with Gasteiger partial charge in [0, 0.05) is 0 Å². The van der Waals surface area contributed by atoms with Gasteiger partial charge in [0.25, 0.3) is 0 Å². The van der Waals surface area contributed by atoms with Crippen LogP contribution in [0.3, 0.4) is 0 Å². The van der Waals surface area contributed by atoms with Crippen LogP contribution in [0.15, 0.2) is 29.0 Å². The van der Waals surface area contributed by atoms with Crippen LogP contribution in [0, 0.1) is 6.92 Å². The number of hydrogen-bond donors (Lipinski definition) is 1. The van der Waals surface area contributed by atoms with E-state index >= 15 is 0 Å². The normalized spacial score (nSPS) is 10.2. The summed E-state index contributed by atoms with van der Waals surface area (Å²) in [5.41, 5.74) is 0.890. The number of carboxylic acids is 1. The first kappa shape index (κ1) is 12.9. The Morgan fingerprint density at radius 1 is 1.42 bits per heavy atom. The van der Waals surface area contributed by atoms with E-state index in [1.165, 1.54) is 0 Å². The molecule has 0 atom stereocenters. The number of aromatic carboxylic acids is 1. The molecule has 0 radical (unpaired) electrons. The summed E-state index contributed by atoms with van der Waals surface area (Å²) >= 11 is 0. The van der Waals surface area contributed by atoms with Crippen LogP contribution in [0.2, 0.25) is 0 Å². The number of ether oxygens (including phenoxy) is 2. The van der Waals surface area contributed by atoms with Crippen molar-refractivity contribution in [1.29, 1.82) is 0 Å². The lowest BCUT2D eigenvalue weighted by Gasteiger charge is -2.10. The number of methoxy groups -OCH3 is 1. The first-order chi connectivity index (χ1) is 9.11. The summed E-state index contributed by atoms with van der Waals surface area (Å²) in [5.74, 6) is 0.107. The van der Waals surface area contributed by atoms with Gasteiger partial charge in [-0.05, 0) is 24.6 Å². The van der Waals surface area contributed by atoms with Gasteiger partial charge in [0.15, 0.2) is 29.3 Å². The predicted molar refractivity (Wildman–Crippen MR) is 65.5 cm³/mol. The summed E-state index contributed by atoms with van der Waals surface area (Å²) in [5, 5.41) is 8.89. The lowest BCUT2D eigenvalue weighted by molar-refractivity contribution is 0.0686. The number of carboxylic acid groups (broad SMARTS) is 1. The van der Waals surface area contributed by atoms with Crippen molar-refractivity contribution in [3.63, 3.8) is 0 Å². The number of carbonyl (C=O) groups is 1. The molecule has 0 saturated carbocycles. The molecule has 1 heterocycles. The van der Waals surface area contributed by atoms with E-state index < -0.39 is 5.97 Å². The van der Waals surface area contributed by atoms with Gasteiger partial charge < -0.3 is 19.0 Å². The van der Waals surface area contributed by atoms with Crippen LogP contribution in [0.5, 0.6) is 11.5 Å². The van der Waals surface area contributed by atoms with Crippen LogP contribution >= 0.6 is 0 Å². The van der Waals surface area contributed by atoms with E-state index in [4.69, 9.17) is 19.0 Å². The standard InChI is InChI=1S/C13H13NO5/c1-8-3-4-9(10(5-8)17-2)18-6-11-12(13(15)16)14-7-19-11/h3-5,7H,6H2,1-2H3,(H,15,16). The number of benzene rings is 1. The third-order valence-electron chi connectivity index (χ3n) is 2.52. The van der Waals surface area contributed by atoms with Gasteiger partial charge in [-0.15, -0.1) is 0 Å². The molecule has 0 fully saturated rings. The van der Waals surface area contributed by atoms with Crippen molar-refractivity contribution in [2.24, 2.45) is 0 Å².